The topological polar surface area (TPSA) is 49.9 Å². The third-order valence-corrected chi connectivity index (χ3v) is 1.94. The molecular formula is C10H20N2. The molecule has 0 rings (SSSR count). The third kappa shape index (κ3) is 4.94. The Bertz CT molecular complexity index is 171. The molecule has 0 aliphatic carbocycles. The number of unbranched alkanes of at least 4 members (excludes halogenated alkanes) is 1. The van der Waals surface area contributed by atoms with Crippen molar-refractivity contribution in [1.82, 2.24) is 0 Å². The van der Waals surface area contributed by atoms with Crippen LogP contribution in [0.2, 0.25) is 0 Å². The molecule has 0 aliphatic heterocycles. The van der Waals surface area contributed by atoms with Crippen molar-refractivity contribution in [2.75, 3.05) is 0 Å². The smallest absolute Gasteiger partial charge is 0.0300 e. The Morgan fingerprint density at radius 1 is 1.58 bits per heavy atom. The fourth-order valence-electron chi connectivity index (χ4n) is 1.07. The lowest BCUT2D eigenvalue weighted by Gasteiger charge is -2.10. The van der Waals surface area contributed by atoms with Crippen LogP contribution >= 0.6 is 0 Å². The van der Waals surface area contributed by atoms with Crippen LogP contribution in [-0.4, -0.2) is 5.71 Å². The Labute approximate surface area is 75.4 Å². The van der Waals surface area contributed by atoms with Crippen molar-refractivity contribution in [2.24, 2.45) is 11.7 Å². The second-order valence-electron chi connectivity index (χ2n) is 3.37. The predicted molar refractivity (Wildman–Crippen MR) is 54.4 cm³/mol. The molecule has 0 bridgehead atoms. The van der Waals surface area contributed by atoms with Crippen LogP contribution in [0, 0.1) is 11.3 Å². The van der Waals surface area contributed by atoms with E-state index in [9.17, 15) is 0 Å². The van der Waals surface area contributed by atoms with Gasteiger partial charge >= 0.3 is 0 Å². The Kier molecular flexibility index (Phi) is 5.43. The number of nitrogens with two attached hydrogens (primary N) is 1. The lowest BCUT2D eigenvalue weighted by Crippen LogP contribution is -2.10. The Morgan fingerprint density at radius 3 is 2.58 bits per heavy atom. The molecule has 2 nitrogen and oxygen atoms in total. The van der Waals surface area contributed by atoms with Crippen molar-refractivity contribution in [2.45, 2.75) is 40.0 Å². The highest BCUT2D eigenvalue weighted by molar-refractivity contribution is 5.90. The van der Waals surface area contributed by atoms with Gasteiger partial charge in [-0.1, -0.05) is 26.7 Å². The van der Waals surface area contributed by atoms with Gasteiger partial charge in [-0.2, -0.15) is 0 Å². The summed E-state index contributed by atoms with van der Waals surface area (Å²) in [6, 6.07) is 0. The lowest BCUT2D eigenvalue weighted by molar-refractivity contribution is 0.568. The van der Waals surface area contributed by atoms with Crippen molar-refractivity contribution in [3.63, 3.8) is 0 Å². The molecule has 0 spiro atoms. The van der Waals surface area contributed by atoms with Crippen LogP contribution in [0.25, 0.3) is 0 Å². The quantitative estimate of drug-likeness (QED) is 0.609. The zero-order valence-corrected chi connectivity index (χ0v) is 8.35. The minimum Gasteiger partial charge on any atom is -0.402 e. The standard InChI is InChI=1S/C10H20N2/c1-4-5-6-8(2)10(12)7-9(3)11/h7-8,11H,4-6,12H2,1-3H3/b10-7-,11-9?. The first-order valence-corrected chi connectivity index (χ1v) is 4.60. The molecule has 70 valence electrons. The van der Waals surface area contributed by atoms with Crippen molar-refractivity contribution >= 4 is 5.71 Å². The van der Waals surface area contributed by atoms with E-state index in [1.807, 2.05) is 0 Å². The Morgan fingerprint density at radius 2 is 2.17 bits per heavy atom. The molecule has 0 saturated carbocycles. The molecule has 0 heterocycles. The molecule has 3 N–H and O–H groups in total. The molecular weight excluding hydrogens is 148 g/mol. The minimum absolute atomic E-state index is 0.422. The molecule has 1 unspecified atom stereocenters. The van der Waals surface area contributed by atoms with Crippen LogP contribution in [0.3, 0.4) is 0 Å². The van der Waals surface area contributed by atoms with Gasteiger partial charge in [0.25, 0.3) is 0 Å². The number of hydrogen-bond donors (Lipinski definition) is 2. The van der Waals surface area contributed by atoms with Gasteiger partial charge in [-0.15, -0.1) is 0 Å². The van der Waals surface area contributed by atoms with Gasteiger partial charge in [0.1, 0.15) is 0 Å². The van der Waals surface area contributed by atoms with Crippen molar-refractivity contribution in [3.8, 4) is 0 Å². The summed E-state index contributed by atoms with van der Waals surface area (Å²) in [5.74, 6) is 0.422. The van der Waals surface area contributed by atoms with Crippen LogP contribution in [0.15, 0.2) is 11.8 Å². The second kappa shape index (κ2) is 5.81. The van der Waals surface area contributed by atoms with Crippen molar-refractivity contribution in [3.05, 3.63) is 11.8 Å². The summed E-state index contributed by atoms with van der Waals surface area (Å²) in [6.07, 6.45) is 5.31. The number of rotatable bonds is 5. The summed E-state index contributed by atoms with van der Waals surface area (Å²) >= 11 is 0. The largest absolute Gasteiger partial charge is 0.402 e. The summed E-state index contributed by atoms with van der Waals surface area (Å²) < 4.78 is 0. The number of nitrogens with one attached hydrogen (secondary N) is 1. The molecule has 0 saturated heterocycles. The van der Waals surface area contributed by atoms with Gasteiger partial charge in [0.05, 0.1) is 0 Å². The summed E-state index contributed by atoms with van der Waals surface area (Å²) in [6.45, 7) is 6.04. The summed E-state index contributed by atoms with van der Waals surface area (Å²) in [5, 5.41) is 7.24. The van der Waals surface area contributed by atoms with E-state index < -0.39 is 0 Å². The molecule has 0 amide bonds. The van der Waals surface area contributed by atoms with Gasteiger partial charge in [-0.25, -0.2) is 0 Å². The fraction of sp³-hybridized carbons (Fsp3) is 0.700. The molecule has 0 aromatic carbocycles. The van der Waals surface area contributed by atoms with E-state index in [0.29, 0.717) is 11.6 Å². The predicted octanol–water partition coefficient (Wildman–Crippen LogP) is 2.69. The van der Waals surface area contributed by atoms with E-state index in [0.717, 1.165) is 12.1 Å². The molecule has 0 aliphatic rings. The summed E-state index contributed by atoms with van der Waals surface area (Å²) in [5.41, 5.74) is 7.16. The maximum atomic E-state index is 7.24. The van der Waals surface area contributed by atoms with E-state index in [1.165, 1.54) is 12.8 Å². The van der Waals surface area contributed by atoms with Gasteiger partial charge in [0, 0.05) is 11.4 Å². The van der Waals surface area contributed by atoms with E-state index >= 15 is 0 Å². The van der Waals surface area contributed by atoms with Crippen LogP contribution < -0.4 is 5.73 Å². The van der Waals surface area contributed by atoms with Gasteiger partial charge in [-0.05, 0) is 25.3 Å². The molecule has 2 heteroatoms. The van der Waals surface area contributed by atoms with Gasteiger partial charge in [-0.3, -0.25) is 0 Å². The zero-order chi connectivity index (χ0) is 9.56. The first kappa shape index (κ1) is 11.2. The van der Waals surface area contributed by atoms with Crippen LogP contribution in [0.5, 0.6) is 0 Å². The molecule has 12 heavy (non-hydrogen) atoms. The first-order valence-electron chi connectivity index (χ1n) is 4.60. The highest BCUT2D eigenvalue weighted by atomic mass is 14.6. The van der Waals surface area contributed by atoms with Crippen LogP contribution in [-0.2, 0) is 0 Å². The van der Waals surface area contributed by atoms with Crippen molar-refractivity contribution in [1.29, 1.82) is 5.41 Å². The van der Waals surface area contributed by atoms with Gasteiger partial charge in [0.15, 0.2) is 0 Å². The Hall–Kier alpha value is -0.790. The van der Waals surface area contributed by atoms with E-state index in [2.05, 4.69) is 13.8 Å². The number of hydrogen-bond acceptors (Lipinski definition) is 2. The van der Waals surface area contributed by atoms with E-state index in [-0.39, 0.29) is 0 Å². The first-order chi connectivity index (χ1) is 5.57. The maximum Gasteiger partial charge on any atom is 0.0300 e. The van der Waals surface area contributed by atoms with Crippen LogP contribution in [0.4, 0.5) is 0 Å². The number of allylic oxidation sites excluding steroid dienone is 2. The molecule has 0 aromatic heterocycles. The van der Waals surface area contributed by atoms with E-state index in [1.54, 1.807) is 13.0 Å². The second-order valence-corrected chi connectivity index (χ2v) is 3.37. The summed E-state index contributed by atoms with van der Waals surface area (Å²) in [7, 11) is 0. The third-order valence-electron chi connectivity index (χ3n) is 1.94. The maximum absolute atomic E-state index is 7.24. The molecule has 0 aromatic rings. The van der Waals surface area contributed by atoms with Crippen LogP contribution in [0.1, 0.15) is 40.0 Å². The van der Waals surface area contributed by atoms with Gasteiger partial charge in [0.2, 0.25) is 0 Å². The average molecular weight is 168 g/mol. The SMILES string of the molecule is CCCCC(C)/C(N)=C/C(C)=N. The van der Waals surface area contributed by atoms with Gasteiger partial charge < -0.3 is 11.1 Å². The normalized spacial score (nSPS) is 14.4. The molecule has 0 radical (unpaired) electrons. The van der Waals surface area contributed by atoms with E-state index in [4.69, 9.17) is 11.1 Å². The Balaban J connectivity index is 3.91. The molecule has 1 atom stereocenters. The molecule has 0 fully saturated rings. The monoisotopic (exact) mass is 168 g/mol. The fourth-order valence-corrected chi connectivity index (χ4v) is 1.07. The highest BCUT2D eigenvalue weighted by Gasteiger charge is 2.03. The highest BCUT2D eigenvalue weighted by Crippen LogP contribution is 2.13. The minimum atomic E-state index is 0.422. The van der Waals surface area contributed by atoms with Crippen molar-refractivity contribution < 1.29 is 0 Å². The zero-order valence-electron chi connectivity index (χ0n) is 8.35. The average Bonchev–Trinajstić information content (AvgIpc) is 1.98. The lowest BCUT2D eigenvalue weighted by atomic mass is 10.0. The summed E-state index contributed by atoms with van der Waals surface area (Å²) in [4.78, 5) is 0.